The molecule has 29 heavy (non-hydrogen) atoms. The Morgan fingerprint density at radius 2 is 1.55 bits per heavy atom. The molecule has 0 bridgehead atoms. The average molecular weight is 413 g/mol. The van der Waals surface area contributed by atoms with E-state index in [2.05, 4.69) is 5.32 Å². The normalized spacial score (nSPS) is 16.9. The van der Waals surface area contributed by atoms with E-state index in [0.717, 1.165) is 17.7 Å². The number of imide groups is 1. The largest absolute Gasteiger partial charge is 0.324 e. The predicted molar refractivity (Wildman–Crippen MR) is 105 cm³/mol. The molecule has 1 saturated heterocycles. The van der Waals surface area contributed by atoms with Crippen LogP contribution in [0.1, 0.15) is 33.6 Å². The van der Waals surface area contributed by atoms with E-state index < -0.39 is 34.3 Å². The van der Waals surface area contributed by atoms with Crippen LogP contribution in [0.5, 0.6) is 0 Å². The minimum atomic E-state index is -3.61. The zero-order chi connectivity index (χ0) is 20.6. The van der Waals surface area contributed by atoms with Crippen molar-refractivity contribution in [3.8, 4) is 0 Å². The first-order valence-electron chi connectivity index (χ1n) is 9.23. The standard InChI is InChI=1S/C20H19N3O5S/c24-18(13-23-19(25)16-8-1-2-9-17(16)20(23)26)21-14-6-5-7-15(12-14)29(27,28)22-10-3-4-11-22/h1-2,5-9,12H,3-4,10-11,13H2,(H,21,24). The quantitative estimate of drug-likeness (QED) is 0.752. The predicted octanol–water partition coefficient (Wildman–Crippen LogP) is 1.71. The summed E-state index contributed by atoms with van der Waals surface area (Å²) in [6, 6.07) is 12.4. The van der Waals surface area contributed by atoms with Gasteiger partial charge in [0.05, 0.1) is 16.0 Å². The molecular formula is C20H19N3O5S. The number of nitrogens with one attached hydrogen (secondary N) is 1. The van der Waals surface area contributed by atoms with Crippen LogP contribution < -0.4 is 5.32 Å². The van der Waals surface area contributed by atoms with Crippen molar-refractivity contribution >= 4 is 33.4 Å². The Bertz CT molecular complexity index is 1070. The zero-order valence-electron chi connectivity index (χ0n) is 15.5. The number of anilines is 1. The molecule has 150 valence electrons. The van der Waals surface area contributed by atoms with E-state index in [4.69, 9.17) is 0 Å². The van der Waals surface area contributed by atoms with Gasteiger partial charge in [-0.2, -0.15) is 4.31 Å². The van der Waals surface area contributed by atoms with Crippen LogP contribution in [0.2, 0.25) is 0 Å². The number of fused-ring (bicyclic) bond motifs is 1. The second-order valence-electron chi connectivity index (χ2n) is 6.93. The van der Waals surface area contributed by atoms with Gasteiger partial charge in [-0.3, -0.25) is 19.3 Å². The third-order valence-electron chi connectivity index (χ3n) is 5.00. The lowest BCUT2D eigenvalue weighted by Crippen LogP contribution is -2.37. The number of benzene rings is 2. The van der Waals surface area contributed by atoms with Gasteiger partial charge in [-0.1, -0.05) is 18.2 Å². The topological polar surface area (TPSA) is 104 Å². The summed E-state index contributed by atoms with van der Waals surface area (Å²) in [5.41, 5.74) is 0.819. The van der Waals surface area contributed by atoms with Crippen molar-refractivity contribution in [3.05, 3.63) is 59.7 Å². The highest BCUT2D eigenvalue weighted by atomic mass is 32.2. The summed E-state index contributed by atoms with van der Waals surface area (Å²) in [5.74, 6) is -1.63. The molecule has 2 aliphatic heterocycles. The molecule has 0 spiro atoms. The van der Waals surface area contributed by atoms with Gasteiger partial charge in [0.15, 0.2) is 0 Å². The first-order chi connectivity index (χ1) is 13.9. The molecule has 0 unspecified atom stereocenters. The number of carbonyl (C=O) groups excluding carboxylic acids is 3. The molecule has 2 aliphatic rings. The molecule has 2 aromatic carbocycles. The van der Waals surface area contributed by atoms with Crippen molar-refractivity contribution in [2.45, 2.75) is 17.7 Å². The monoisotopic (exact) mass is 413 g/mol. The molecule has 8 nitrogen and oxygen atoms in total. The molecule has 2 aromatic rings. The van der Waals surface area contributed by atoms with Crippen molar-refractivity contribution in [2.75, 3.05) is 25.0 Å². The second kappa shape index (κ2) is 7.41. The minimum absolute atomic E-state index is 0.0953. The molecule has 0 aliphatic carbocycles. The van der Waals surface area contributed by atoms with Gasteiger partial charge in [0.25, 0.3) is 11.8 Å². The van der Waals surface area contributed by atoms with Crippen LogP contribution in [-0.4, -0.2) is 55.0 Å². The molecule has 9 heteroatoms. The van der Waals surface area contributed by atoms with Gasteiger partial charge in [0.1, 0.15) is 6.54 Å². The third-order valence-corrected chi connectivity index (χ3v) is 6.90. The molecule has 3 amide bonds. The Labute approximate surface area is 168 Å². The molecular weight excluding hydrogens is 394 g/mol. The number of rotatable bonds is 5. The fourth-order valence-electron chi connectivity index (χ4n) is 3.54. The van der Waals surface area contributed by atoms with E-state index in [1.54, 1.807) is 36.4 Å². The van der Waals surface area contributed by atoms with Crippen molar-refractivity contribution in [2.24, 2.45) is 0 Å². The van der Waals surface area contributed by atoms with E-state index in [0.29, 0.717) is 13.1 Å². The summed E-state index contributed by atoms with van der Waals surface area (Å²) in [5, 5.41) is 2.57. The Kier molecular flexibility index (Phi) is 4.93. The van der Waals surface area contributed by atoms with E-state index in [9.17, 15) is 22.8 Å². The number of sulfonamides is 1. The Morgan fingerprint density at radius 3 is 2.17 bits per heavy atom. The van der Waals surface area contributed by atoms with Crippen LogP contribution in [0.25, 0.3) is 0 Å². The SMILES string of the molecule is O=C(CN1C(=O)c2ccccc2C1=O)Nc1cccc(S(=O)(=O)N2CCCC2)c1. The maximum Gasteiger partial charge on any atom is 0.262 e. The summed E-state index contributed by atoms with van der Waals surface area (Å²) in [6.45, 7) is 0.521. The van der Waals surface area contributed by atoms with Crippen molar-refractivity contribution in [1.29, 1.82) is 0 Å². The highest BCUT2D eigenvalue weighted by Gasteiger charge is 2.36. The lowest BCUT2D eigenvalue weighted by Gasteiger charge is -2.17. The van der Waals surface area contributed by atoms with Gasteiger partial charge >= 0.3 is 0 Å². The van der Waals surface area contributed by atoms with E-state index >= 15 is 0 Å². The smallest absolute Gasteiger partial charge is 0.262 e. The summed E-state index contributed by atoms with van der Waals surface area (Å²) in [6.07, 6.45) is 1.66. The molecule has 0 atom stereocenters. The first kappa shape index (κ1) is 19.3. The maximum absolute atomic E-state index is 12.7. The van der Waals surface area contributed by atoms with Gasteiger partial charge in [-0.05, 0) is 43.2 Å². The summed E-state index contributed by atoms with van der Waals surface area (Å²) in [4.78, 5) is 38.1. The Morgan fingerprint density at radius 1 is 0.931 bits per heavy atom. The van der Waals surface area contributed by atoms with Crippen molar-refractivity contribution in [1.82, 2.24) is 9.21 Å². The van der Waals surface area contributed by atoms with Crippen LogP contribution in [0.4, 0.5) is 5.69 Å². The van der Waals surface area contributed by atoms with Crippen molar-refractivity contribution < 1.29 is 22.8 Å². The third kappa shape index (κ3) is 3.54. The summed E-state index contributed by atoms with van der Waals surface area (Å²) < 4.78 is 26.8. The van der Waals surface area contributed by atoms with Crippen LogP contribution in [0.3, 0.4) is 0 Å². The molecule has 0 radical (unpaired) electrons. The fourth-order valence-corrected chi connectivity index (χ4v) is 5.10. The van der Waals surface area contributed by atoms with Gasteiger partial charge in [-0.25, -0.2) is 8.42 Å². The molecule has 4 rings (SSSR count). The van der Waals surface area contributed by atoms with E-state index in [1.165, 1.54) is 16.4 Å². The maximum atomic E-state index is 12.7. The first-order valence-corrected chi connectivity index (χ1v) is 10.7. The van der Waals surface area contributed by atoms with Gasteiger partial charge < -0.3 is 5.32 Å². The number of amides is 3. The van der Waals surface area contributed by atoms with Gasteiger partial charge in [0, 0.05) is 18.8 Å². The molecule has 1 fully saturated rings. The Hall–Kier alpha value is -3.04. The lowest BCUT2D eigenvalue weighted by molar-refractivity contribution is -0.116. The van der Waals surface area contributed by atoms with Crippen LogP contribution in [0, 0.1) is 0 Å². The lowest BCUT2D eigenvalue weighted by atomic mass is 10.1. The molecule has 0 aromatic heterocycles. The number of hydrogen-bond donors (Lipinski definition) is 1. The van der Waals surface area contributed by atoms with E-state index in [-0.39, 0.29) is 21.7 Å². The highest BCUT2D eigenvalue weighted by molar-refractivity contribution is 7.89. The summed E-state index contributed by atoms with van der Waals surface area (Å²) in [7, 11) is -3.61. The summed E-state index contributed by atoms with van der Waals surface area (Å²) >= 11 is 0. The van der Waals surface area contributed by atoms with Crippen LogP contribution >= 0.6 is 0 Å². The van der Waals surface area contributed by atoms with Crippen molar-refractivity contribution in [3.63, 3.8) is 0 Å². The zero-order valence-corrected chi connectivity index (χ0v) is 16.3. The van der Waals surface area contributed by atoms with Gasteiger partial charge in [-0.15, -0.1) is 0 Å². The molecule has 2 heterocycles. The Balaban J connectivity index is 1.47. The fraction of sp³-hybridized carbons (Fsp3) is 0.250. The number of carbonyl (C=O) groups is 3. The average Bonchev–Trinajstić information content (AvgIpc) is 3.33. The van der Waals surface area contributed by atoms with Crippen LogP contribution in [0.15, 0.2) is 53.4 Å². The van der Waals surface area contributed by atoms with E-state index in [1.807, 2.05) is 0 Å². The highest BCUT2D eigenvalue weighted by Crippen LogP contribution is 2.24. The molecule has 1 N–H and O–H groups in total. The molecule has 0 saturated carbocycles. The van der Waals surface area contributed by atoms with Crippen LogP contribution in [-0.2, 0) is 14.8 Å². The van der Waals surface area contributed by atoms with Gasteiger partial charge in [0.2, 0.25) is 15.9 Å². The number of nitrogens with zero attached hydrogens (tertiary/aromatic N) is 2. The number of hydrogen-bond acceptors (Lipinski definition) is 5. The second-order valence-corrected chi connectivity index (χ2v) is 8.87. The minimum Gasteiger partial charge on any atom is -0.324 e.